The number of hydrogen-bond donors (Lipinski definition) is 3. The molecule has 1 unspecified atom stereocenters. The van der Waals surface area contributed by atoms with Crippen LogP contribution in [0.4, 0.5) is 5.69 Å². The minimum absolute atomic E-state index is 0.178. The number of fused-ring (bicyclic) bond motifs is 1. The molecule has 1 fully saturated rings. The Morgan fingerprint density at radius 1 is 1.22 bits per heavy atom. The van der Waals surface area contributed by atoms with E-state index in [1.54, 1.807) is 11.0 Å². The van der Waals surface area contributed by atoms with Crippen LogP contribution in [0.15, 0.2) is 36.4 Å². The van der Waals surface area contributed by atoms with Crippen LogP contribution in [0, 0.1) is 6.92 Å². The summed E-state index contributed by atoms with van der Waals surface area (Å²) in [5, 5.41) is 9.76. The standard InChI is InChI=1S/C23H23ClN4O3S/c1-13-5-7-16(10-18(13)24)26-23(32)25-11-14-6-8-17-15(9-14)12-28(22(17)31)19-3-2-4-20(29)27-21(19)30/h5-10,19H,2-4,11-12H2,1H3,(H2,25,26,32)(H,27,29,30). The topological polar surface area (TPSA) is 90.5 Å². The molecule has 1 atom stereocenters. The van der Waals surface area contributed by atoms with E-state index in [0.717, 1.165) is 22.4 Å². The third kappa shape index (κ3) is 4.76. The van der Waals surface area contributed by atoms with E-state index >= 15 is 0 Å². The predicted octanol–water partition coefficient (Wildman–Crippen LogP) is 3.29. The van der Waals surface area contributed by atoms with Crippen molar-refractivity contribution >= 4 is 52.3 Å². The van der Waals surface area contributed by atoms with Crippen LogP contribution in [0.2, 0.25) is 5.02 Å². The number of aryl methyl sites for hydroxylation is 1. The van der Waals surface area contributed by atoms with Gasteiger partial charge in [-0.1, -0.05) is 29.8 Å². The summed E-state index contributed by atoms with van der Waals surface area (Å²) in [6, 6.07) is 10.6. The van der Waals surface area contributed by atoms with E-state index < -0.39 is 11.9 Å². The van der Waals surface area contributed by atoms with Crippen molar-refractivity contribution in [3.63, 3.8) is 0 Å². The molecule has 2 aromatic carbocycles. The molecule has 0 aliphatic carbocycles. The van der Waals surface area contributed by atoms with Crippen LogP contribution in [0.1, 0.15) is 46.3 Å². The first-order chi connectivity index (χ1) is 15.3. The molecular formula is C23H23ClN4O3S. The fourth-order valence-corrected chi connectivity index (χ4v) is 4.32. The summed E-state index contributed by atoms with van der Waals surface area (Å²) in [6.07, 6.45) is 1.36. The number of amides is 3. The summed E-state index contributed by atoms with van der Waals surface area (Å²) in [6.45, 7) is 2.76. The number of thiocarbonyl (C=S) groups is 1. The number of nitrogens with one attached hydrogen (secondary N) is 3. The summed E-state index contributed by atoms with van der Waals surface area (Å²) >= 11 is 11.5. The number of anilines is 1. The second-order valence-corrected chi connectivity index (χ2v) is 8.83. The molecule has 2 aliphatic rings. The average molecular weight is 471 g/mol. The highest BCUT2D eigenvalue weighted by Crippen LogP contribution is 2.28. The van der Waals surface area contributed by atoms with Crippen LogP contribution in [0.25, 0.3) is 0 Å². The van der Waals surface area contributed by atoms with Gasteiger partial charge in [-0.25, -0.2) is 0 Å². The second kappa shape index (κ2) is 9.26. The quantitative estimate of drug-likeness (QED) is 0.469. The number of carbonyl (C=O) groups is 3. The van der Waals surface area contributed by atoms with Gasteiger partial charge in [0.2, 0.25) is 11.8 Å². The first kappa shape index (κ1) is 22.2. The number of hydrogen-bond acceptors (Lipinski definition) is 4. The number of nitrogens with zero attached hydrogens (tertiary/aromatic N) is 1. The van der Waals surface area contributed by atoms with Gasteiger partial charge < -0.3 is 15.5 Å². The molecule has 0 bridgehead atoms. The molecular weight excluding hydrogens is 448 g/mol. The molecule has 9 heteroatoms. The lowest BCUT2D eigenvalue weighted by Crippen LogP contribution is -2.46. The van der Waals surface area contributed by atoms with E-state index in [4.69, 9.17) is 23.8 Å². The van der Waals surface area contributed by atoms with Gasteiger partial charge in [-0.15, -0.1) is 0 Å². The van der Waals surface area contributed by atoms with Gasteiger partial charge in [0.05, 0.1) is 0 Å². The van der Waals surface area contributed by atoms with Crippen molar-refractivity contribution in [2.75, 3.05) is 5.32 Å². The lowest BCUT2D eigenvalue weighted by molar-refractivity contribution is -0.132. The molecule has 4 rings (SSSR count). The summed E-state index contributed by atoms with van der Waals surface area (Å²) in [5.41, 5.74) is 4.21. The third-order valence-electron chi connectivity index (χ3n) is 5.71. The normalized spacial score (nSPS) is 18.1. The van der Waals surface area contributed by atoms with E-state index in [-0.39, 0.29) is 11.8 Å². The Kier molecular flexibility index (Phi) is 6.43. The molecule has 0 radical (unpaired) electrons. The number of benzene rings is 2. The SMILES string of the molecule is Cc1ccc(NC(=S)NCc2ccc3c(c2)CN(C2CCCC(=O)NC2=O)C3=O)cc1Cl. The van der Waals surface area contributed by atoms with E-state index in [0.29, 0.717) is 48.1 Å². The summed E-state index contributed by atoms with van der Waals surface area (Å²) in [4.78, 5) is 38.4. The fourth-order valence-electron chi connectivity index (χ4n) is 3.95. The Labute approximate surface area is 196 Å². The highest BCUT2D eigenvalue weighted by molar-refractivity contribution is 7.80. The second-order valence-electron chi connectivity index (χ2n) is 8.02. The molecule has 2 heterocycles. The average Bonchev–Trinajstić information content (AvgIpc) is 2.97. The number of rotatable bonds is 4. The lowest BCUT2D eigenvalue weighted by Gasteiger charge is -2.24. The summed E-state index contributed by atoms with van der Waals surface area (Å²) in [5.74, 6) is -0.863. The molecule has 3 N–H and O–H groups in total. The van der Waals surface area contributed by atoms with Crippen molar-refractivity contribution < 1.29 is 14.4 Å². The zero-order chi connectivity index (χ0) is 22.8. The van der Waals surface area contributed by atoms with Crippen LogP contribution < -0.4 is 16.0 Å². The molecule has 0 spiro atoms. The van der Waals surface area contributed by atoms with Crippen LogP contribution in [-0.2, 0) is 22.7 Å². The Morgan fingerprint density at radius 2 is 2.03 bits per heavy atom. The van der Waals surface area contributed by atoms with Crippen LogP contribution in [-0.4, -0.2) is 33.8 Å². The largest absolute Gasteiger partial charge is 0.358 e. The Hall–Kier alpha value is -2.97. The van der Waals surface area contributed by atoms with Crippen LogP contribution in [0.3, 0.4) is 0 Å². The van der Waals surface area contributed by atoms with Gasteiger partial charge >= 0.3 is 0 Å². The first-order valence-electron chi connectivity index (χ1n) is 10.4. The van der Waals surface area contributed by atoms with Gasteiger partial charge in [-0.05, 0) is 66.9 Å². The molecule has 7 nitrogen and oxygen atoms in total. The monoisotopic (exact) mass is 470 g/mol. The first-order valence-corrected chi connectivity index (χ1v) is 11.2. The molecule has 32 heavy (non-hydrogen) atoms. The Bertz CT molecular complexity index is 1120. The summed E-state index contributed by atoms with van der Waals surface area (Å²) in [7, 11) is 0. The molecule has 0 saturated carbocycles. The maximum atomic E-state index is 12.9. The minimum atomic E-state index is -0.624. The van der Waals surface area contributed by atoms with Crippen molar-refractivity contribution in [2.24, 2.45) is 0 Å². The van der Waals surface area contributed by atoms with Crippen molar-refractivity contribution in [2.45, 2.75) is 45.3 Å². The van der Waals surface area contributed by atoms with Gasteiger partial charge in [-0.3, -0.25) is 19.7 Å². The molecule has 1 saturated heterocycles. The fraction of sp³-hybridized carbons (Fsp3) is 0.304. The predicted molar refractivity (Wildman–Crippen MR) is 126 cm³/mol. The zero-order valence-corrected chi connectivity index (χ0v) is 19.1. The van der Waals surface area contributed by atoms with E-state index in [1.165, 1.54) is 0 Å². The van der Waals surface area contributed by atoms with Crippen molar-refractivity contribution in [1.82, 2.24) is 15.5 Å². The van der Waals surface area contributed by atoms with Crippen molar-refractivity contribution in [3.05, 3.63) is 63.7 Å². The van der Waals surface area contributed by atoms with Gasteiger partial charge in [0.25, 0.3) is 5.91 Å². The lowest BCUT2D eigenvalue weighted by atomic mass is 10.1. The van der Waals surface area contributed by atoms with Gasteiger partial charge in [0, 0.05) is 35.8 Å². The van der Waals surface area contributed by atoms with Crippen molar-refractivity contribution in [3.8, 4) is 0 Å². The molecule has 3 amide bonds. The number of carbonyl (C=O) groups excluding carboxylic acids is 3. The maximum Gasteiger partial charge on any atom is 0.255 e. The van der Waals surface area contributed by atoms with Gasteiger partial charge in [0.1, 0.15) is 6.04 Å². The van der Waals surface area contributed by atoms with E-state index in [9.17, 15) is 14.4 Å². The highest BCUT2D eigenvalue weighted by atomic mass is 35.5. The molecule has 2 aromatic rings. The van der Waals surface area contributed by atoms with Gasteiger partial charge in [-0.2, -0.15) is 0 Å². The van der Waals surface area contributed by atoms with E-state index in [1.807, 2.05) is 37.3 Å². The number of imide groups is 1. The van der Waals surface area contributed by atoms with Crippen LogP contribution >= 0.6 is 23.8 Å². The van der Waals surface area contributed by atoms with Gasteiger partial charge in [0.15, 0.2) is 5.11 Å². The molecule has 2 aliphatic heterocycles. The Morgan fingerprint density at radius 3 is 2.81 bits per heavy atom. The van der Waals surface area contributed by atoms with Crippen molar-refractivity contribution in [1.29, 1.82) is 0 Å². The smallest absolute Gasteiger partial charge is 0.255 e. The summed E-state index contributed by atoms with van der Waals surface area (Å²) < 4.78 is 0. The zero-order valence-electron chi connectivity index (χ0n) is 17.5. The number of halogens is 1. The Balaban J connectivity index is 1.39. The van der Waals surface area contributed by atoms with E-state index in [2.05, 4.69) is 16.0 Å². The third-order valence-corrected chi connectivity index (χ3v) is 6.36. The van der Waals surface area contributed by atoms with Crippen LogP contribution in [0.5, 0.6) is 0 Å². The molecule has 166 valence electrons. The highest BCUT2D eigenvalue weighted by Gasteiger charge is 2.37. The minimum Gasteiger partial charge on any atom is -0.358 e. The maximum absolute atomic E-state index is 12.9. The molecule has 0 aromatic heterocycles.